The lowest BCUT2D eigenvalue weighted by Crippen LogP contribution is -1.82. The van der Waals surface area contributed by atoms with E-state index in [-0.39, 0.29) is 0 Å². The van der Waals surface area contributed by atoms with Gasteiger partial charge in [-0.2, -0.15) is 0 Å². The first-order valence-electron chi connectivity index (χ1n) is 4.10. The Kier molecular flexibility index (Phi) is 3.94. The van der Waals surface area contributed by atoms with Crippen LogP contribution < -0.4 is 11.5 Å². The van der Waals surface area contributed by atoms with Crippen molar-refractivity contribution in [1.82, 2.24) is 9.97 Å². The molecule has 0 atom stereocenters. The van der Waals surface area contributed by atoms with Crippen molar-refractivity contribution in [3.8, 4) is 0 Å². The summed E-state index contributed by atoms with van der Waals surface area (Å²) < 4.78 is 0. The van der Waals surface area contributed by atoms with E-state index in [9.17, 15) is 0 Å². The number of anilines is 2. The molecule has 0 aliphatic rings. The molecule has 2 heterocycles. The maximum atomic E-state index is 5.32. The lowest BCUT2D eigenvalue weighted by molar-refractivity contribution is 1.33. The average Bonchev–Trinajstić information content (AvgIpc) is 2.21. The first kappa shape index (κ1) is 9.98. The van der Waals surface area contributed by atoms with Crippen LogP contribution in [-0.2, 0) is 0 Å². The molecule has 4 nitrogen and oxygen atoms in total. The molecule has 0 unspecified atom stereocenters. The van der Waals surface area contributed by atoms with Gasteiger partial charge in [-0.25, -0.2) is 0 Å². The highest BCUT2D eigenvalue weighted by molar-refractivity contribution is 5.33. The molecular weight excluding hydrogens is 176 g/mol. The van der Waals surface area contributed by atoms with Crippen molar-refractivity contribution >= 4 is 11.4 Å². The van der Waals surface area contributed by atoms with Gasteiger partial charge < -0.3 is 11.5 Å². The van der Waals surface area contributed by atoms with Crippen LogP contribution in [0.2, 0.25) is 0 Å². The molecule has 0 spiro atoms. The quantitative estimate of drug-likeness (QED) is 0.653. The van der Waals surface area contributed by atoms with Crippen LogP contribution in [0, 0.1) is 0 Å². The highest BCUT2D eigenvalue weighted by atomic mass is 14.7. The van der Waals surface area contributed by atoms with E-state index in [1.165, 1.54) is 0 Å². The van der Waals surface area contributed by atoms with Gasteiger partial charge in [0.05, 0.1) is 5.69 Å². The molecule has 4 heteroatoms. The minimum atomic E-state index is 0.711. The number of aromatic nitrogens is 2. The van der Waals surface area contributed by atoms with Crippen LogP contribution >= 0.6 is 0 Å². The van der Waals surface area contributed by atoms with Gasteiger partial charge in [-0.3, -0.25) is 9.97 Å². The van der Waals surface area contributed by atoms with Crippen molar-refractivity contribution in [2.45, 2.75) is 0 Å². The van der Waals surface area contributed by atoms with Crippen molar-refractivity contribution in [2.75, 3.05) is 11.5 Å². The summed E-state index contributed by atoms with van der Waals surface area (Å²) in [6.07, 6.45) is 6.63. The van der Waals surface area contributed by atoms with Crippen LogP contribution in [-0.4, -0.2) is 9.97 Å². The first-order valence-corrected chi connectivity index (χ1v) is 4.10. The molecule has 2 aromatic heterocycles. The highest BCUT2D eigenvalue weighted by Gasteiger charge is 1.74. The van der Waals surface area contributed by atoms with Crippen LogP contribution in [0.3, 0.4) is 0 Å². The number of pyridine rings is 2. The van der Waals surface area contributed by atoms with E-state index in [0.717, 1.165) is 5.69 Å². The standard InChI is InChI=1S/2C5H6N2/c6-5-1-3-7-4-2-5;6-5-2-1-3-7-4-5/h1-4H,(H2,6,7);1-4H,6H2. The van der Waals surface area contributed by atoms with Gasteiger partial charge in [-0.05, 0) is 24.3 Å². The Labute approximate surface area is 82.6 Å². The molecular formula is C10H12N4. The van der Waals surface area contributed by atoms with Crippen LogP contribution in [0.5, 0.6) is 0 Å². The van der Waals surface area contributed by atoms with Crippen LogP contribution in [0.4, 0.5) is 11.4 Å². The Hall–Kier alpha value is -2.10. The summed E-state index contributed by atoms with van der Waals surface area (Å²) in [6.45, 7) is 0. The summed E-state index contributed by atoms with van der Waals surface area (Å²) in [4.78, 5) is 7.52. The molecule has 0 fully saturated rings. The molecule has 4 N–H and O–H groups in total. The summed E-state index contributed by atoms with van der Waals surface area (Å²) in [5.41, 5.74) is 12.1. The van der Waals surface area contributed by atoms with Crippen molar-refractivity contribution in [3.63, 3.8) is 0 Å². The summed E-state index contributed by atoms with van der Waals surface area (Å²) in [5.74, 6) is 0. The van der Waals surface area contributed by atoms with E-state index in [0.29, 0.717) is 5.69 Å². The molecule has 0 saturated heterocycles. The average molecular weight is 188 g/mol. The van der Waals surface area contributed by atoms with Crippen molar-refractivity contribution in [3.05, 3.63) is 49.1 Å². The molecule has 0 saturated carbocycles. The number of hydrogen-bond donors (Lipinski definition) is 2. The van der Waals surface area contributed by atoms with Gasteiger partial charge in [0, 0.05) is 30.5 Å². The zero-order chi connectivity index (χ0) is 10.2. The highest BCUT2D eigenvalue weighted by Crippen LogP contribution is 1.93. The van der Waals surface area contributed by atoms with E-state index < -0.39 is 0 Å². The Morgan fingerprint density at radius 1 is 0.786 bits per heavy atom. The molecule has 0 radical (unpaired) electrons. The van der Waals surface area contributed by atoms with E-state index in [1.807, 2.05) is 0 Å². The maximum Gasteiger partial charge on any atom is 0.0500 e. The molecule has 0 aliphatic carbocycles. The summed E-state index contributed by atoms with van der Waals surface area (Å²) in [7, 11) is 0. The van der Waals surface area contributed by atoms with E-state index >= 15 is 0 Å². The zero-order valence-corrected chi connectivity index (χ0v) is 7.67. The number of nitrogen functional groups attached to an aromatic ring is 2. The van der Waals surface area contributed by atoms with Gasteiger partial charge >= 0.3 is 0 Å². The normalized spacial score (nSPS) is 8.57. The second-order valence-electron chi connectivity index (χ2n) is 2.57. The maximum absolute atomic E-state index is 5.32. The minimum Gasteiger partial charge on any atom is -0.399 e. The fourth-order valence-electron chi connectivity index (χ4n) is 0.739. The summed E-state index contributed by atoms with van der Waals surface area (Å²) in [6, 6.07) is 7.10. The van der Waals surface area contributed by atoms with Crippen LogP contribution in [0.1, 0.15) is 0 Å². The van der Waals surface area contributed by atoms with Gasteiger partial charge in [0.1, 0.15) is 0 Å². The lowest BCUT2D eigenvalue weighted by Gasteiger charge is -1.83. The van der Waals surface area contributed by atoms with Gasteiger partial charge in [-0.1, -0.05) is 0 Å². The Morgan fingerprint density at radius 2 is 1.50 bits per heavy atom. The number of nitrogens with two attached hydrogens (primary N) is 2. The number of rotatable bonds is 0. The van der Waals surface area contributed by atoms with Gasteiger partial charge in [0.25, 0.3) is 0 Å². The van der Waals surface area contributed by atoms with E-state index in [4.69, 9.17) is 11.5 Å². The van der Waals surface area contributed by atoms with E-state index in [1.54, 1.807) is 49.1 Å². The van der Waals surface area contributed by atoms with Crippen LogP contribution in [0.25, 0.3) is 0 Å². The Balaban J connectivity index is 0.000000140. The summed E-state index contributed by atoms with van der Waals surface area (Å²) in [5, 5.41) is 0. The number of nitrogens with zero attached hydrogens (tertiary/aromatic N) is 2. The largest absolute Gasteiger partial charge is 0.399 e. The summed E-state index contributed by atoms with van der Waals surface area (Å²) >= 11 is 0. The van der Waals surface area contributed by atoms with Crippen molar-refractivity contribution in [2.24, 2.45) is 0 Å². The third kappa shape index (κ3) is 4.06. The molecule has 0 aromatic carbocycles. The zero-order valence-electron chi connectivity index (χ0n) is 7.67. The van der Waals surface area contributed by atoms with Crippen LogP contribution in [0.15, 0.2) is 49.1 Å². The van der Waals surface area contributed by atoms with Crippen molar-refractivity contribution in [1.29, 1.82) is 0 Å². The SMILES string of the molecule is Nc1cccnc1.Nc1ccncc1. The number of hydrogen-bond acceptors (Lipinski definition) is 4. The monoisotopic (exact) mass is 188 g/mol. The van der Waals surface area contributed by atoms with Gasteiger partial charge in [-0.15, -0.1) is 0 Å². The predicted octanol–water partition coefficient (Wildman–Crippen LogP) is 1.33. The molecule has 72 valence electrons. The van der Waals surface area contributed by atoms with Crippen molar-refractivity contribution < 1.29 is 0 Å². The molecule has 0 aliphatic heterocycles. The second-order valence-corrected chi connectivity index (χ2v) is 2.57. The third-order valence-electron chi connectivity index (χ3n) is 1.39. The fourth-order valence-corrected chi connectivity index (χ4v) is 0.739. The predicted molar refractivity (Wildman–Crippen MR) is 57.3 cm³/mol. The van der Waals surface area contributed by atoms with E-state index in [2.05, 4.69) is 9.97 Å². The van der Waals surface area contributed by atoms with Gasteiger partial charge in [0.2, 0.25) is 0 Å². The topological polar surface area (TPSA) is 77.8 Å². The molecule has 0 amide bonds. The molecule has 2 aromatic rings. The minimum absolute atomic E-state index is 0.711. The molecule has 0 bridgehead atoms. The molecule has 2 rings (SSSR count). The Morgan fingerprint density at radius 3 is 1.79 bits per heavy atom. The Bertz CT molecular complexity index is 310. The first-order chi connectivity index (χ1) is 6.79. The third-order valence-corrected chi connectivity index (χ3v) is 1.39. The second kappa shape index (κ2) is 5.53. The fraction of sp³-hybridized carbons (Fsp3) is 0. The molecule has 14 heavy (non-hydrogen) atoms. The smallest absolute Gasteiger partial charge is 0.0500 e. The van der Waals surface area contributed by atoms with Gasteiger partial charge in [0.15, 0.2) is 0 Å². The lowest BCUT2D eigenvalue weighted by atomic mass is 10.4.